The van der Waals surface area contributed by atoms with E-state index in [1.165, 1.54) is 62.3 Å². The van der Waals surface area contributed by atoms with Gasteiger partial charge in [0, 0.05) is 5.56 Å². The van der Waals surface area contributed by atoms with Crippen LogP contribution in [0, 0.1) is 23.6 Å². The number of nitrogens with zero attached hydrogens (tertiary/aromatic N) is 1. The summed E-state index contributed by atoms with van der Waals surface area (Å²) in [4.78, 5) is 39.7. The van der Waals surface area contributed by atoms with Gasteiger partial charge in [-0.15, -0.1) is 0 Å². The Labute approximate surface area is 219 Å². The molecule has 1 N–H and O–H groups in total. The van der Waals surface area contributed by atoms with Gasteiger partial charge in [-0.1, -0.05) is 12.1 Å². The molecule has 2 heterocycles. The molecular formula is C31H27FN2O4. The number of furan rings is 1. The van der Waals surface area contributed by atoms with E-state index in [1.54, 1.807) is 24.3 Å². The standard InChI is InChI=1S/C31H27FN2O4/c32-23-5-1-21(2-6-23)27-10-9-25(38-27)14-26-28(35)33-30(37)34(29(26)36)24-7-3-22(4-8-24)31-15-18-11-19(16-31)13-20(12-18)17-31/h1-10,14,18-20H,11-13,15-17H2,(H,33,35,37)/b26-14+. The molecule has 4 amide bonds. The molecule has 38 heavy (non-hydrogen) atoms. The number of barbiturate groups is 1. The van der Waals surface area contributed by atoms with Gasteiger partial charge in [-0.05, 0) is 122 Å². The molecule has 0 unspecified atom stereocenters. The number of hydrogen-bond donors (Lipinski definition) is 1. The highest BCUT2D eigenvalue weighted by atomic mass is 19.1. The average Bonchev–Trinajstić information content (AvgIpc) is 3.35. The van der Waals surface area contributed by atoms with Gasteiger partial charge in [0.15, 0.2) is 0 Å². The summed E-state index contributed by atoms with van der Waals surface area (Å²) in [7, 11) is 0. The third-order valence-corrected chi connectivity index (χ3v) is 8.92. The van der Waals surface area contributed by atoms with Crippen molar-refractivity contribution in [1.29, 1.82) is 0 Å². The van der Waals surface area contributed by atoms with Crippen LogP contribution in [0.4, 0.5) is 14.9 Å². The largest absolute Gasteiger partial charge is 0.457 e. The molecule has 4 saturated carbocycles. The van der Waals surface area contributed by atoms with Crippen molar-refractivity contribution in [3.05, 3.63) is 83.4 Å². The fourth-order valence-corrected chi connectivity index (χ4v) is 7.66. The molecule has 7 heteroatoms. The van der Waals surface area contributed by atoms with Crippen LogP contribution in [0.5, 0.6) is 0 Å². The minimum atomic E-state index is -0.777. The Morgan fingerprint density at radius 3 is 2.11 bits per heavy atom. The number of anilines is 1. The summed E-state index contributed by atoms with van der Waals surface area (Å²) in [5.74, 6) is 1.35. The lowest BCUT2D eigenvalue weighted by Crippen LogP contribution is -2.54. The van der Waals surface area contributed by atoms with Crippen molar-refractivity contribution in [3.63, 3.8) is 0 Å². The Balaban J connectivity index is 1.15. The second kappa shape index (κ2) is 8.51. The molecule has 2 aromatic carbocycles. The van der Waals surface area contributed by atoms with E-state index in [0.717, 1.165) is 22.7 Å². The monoisotopic (exact) mass is 510 g/mol. The summed E-state index contributed by atoms with van der Waals surface area (Å²) in [6.45, 7) is 0. The minimum Gasteiger partial charge on any atom is -0.457 e. The zero-order chi connectivity index (χ0) is 26.0. The normalized spacial score (nSPS) is 29.3. The van der Waals surface area contributed by atoms with Gasteiger partial charge in [0.2, 0.25) is 0 Å². The van der Waals surface area contributed by atoms with Crippen molar-refractivity contribution >= 4 is 29.6 Å². The van der Waals surface area contributed by atoms with E-state index in [4.69, 9.17) is 4.42 Å². The van der Waals surface area contributed by atoms with Crippen molar-refractivity contribution in [3.8, 4) is 11.3 Å². The molecule has 4 aliphatic carbocycles. The van der Waals surface area contributed by atoms with E-state index in [1.807, 2.05) is 12.1 Å². The number of benzene rings is 2. The molecule has 0 radical (unpaired) electrons. The molecule has 5 fully saturated rings. The molecule has 1 aromatic heterocycles. The van der Waals surface area contributed by atoms with Gasteiger partial charge in [-0.25, -0.2) is 14.1 Å². The summed E-state index contributed by atoms with van der Waals surface area (Å²) in [5, 5.41) is 2.27. The van der Waals surface area contributed by atoms with Gasteiger partial charge in [0.05, 0.1) is 5.69 Å². The number of hydrogen-bond acceptors (Lipinski definition) is 4. The van der Waals surface area contributed by atoms with Crippen LogP contribution in [0.3, 0.4) is 0 Å². The highest BCUT2D eigenvalue weighted by Gasteiger charge is 2.51. The predicted molar refractivity (Wildman–Crippen MR) is 139 cm³/mol. The highest BCUT2D eigenvalue weighted by Crippen LogP contribution is 2.60. The smallest absolute Gasteiger partial charge is 0.335 e. The number of carbonyl (C=O) groups is 3. The Hall–Kier alpha value is -4.00. The number of nitrogens with one attached hydrogen (secondary N) is 1. The van der Waals surface area contributed by atoms with Crippen LogP contribution in [0.1, 0.15) is 49.8 Å². The summed E-state index contributed by atoms with van der Waals surface area (Å²) >= 11 is 0. The molecule has 5 aliphatic rings. The Morgan fingerprint density at radius 2 is 1.47 bits per heavy atom. The van der Waals surface area contributed by atoms with Gasteiger partial charge in [0.1, 0.15) is 22.9 Å². The van der Waals surface area contributed by atoms with Gasteiger partial charge in [0.25, 0.3) is 11.8 Å². The van der Waals surface area contributed by atoms with E-state index in [2.05, 4.69) is 17.4 Å². The molecule has 3 aromatic rings. The van der Waals surface area contributed by atoms with Gasteiger partial charge in [-0.2, -0.15) is 0 Å². The third-order valence-electron chi connectivity index (χ3n) is 8.92. The van der Waals surface area contributed by atoms with E-state index in [9.17, 15) is 18.8 Å². The average molecular weight is 511 g/mol. The fourth-order valence-electron chi connectivity index (χ4n) is 7.66. The second-order valence-electron chi connectivity index (χ2n) is 11.4. The molecule has 8 rings (SSSR count). The van der Waals surface area contributed by atoms with Crippen LogP contribution >= 0.6 is 0 Å². The maximum atomic E-state index is 13.4. The number of amides is 4. The van der Waals surface area contributed by atoms with Crippen LogP contribution in [0.25, 0.3) is 17.4 Å². The molecule has 1 saturated heterocycles. The lowest BCUT2D eigenvalue weighted by atomic mass is 9.48. The minimum absolute atomic E-state index is 0.199. The molecule has 6 nitrogen and oxygen atoms in total. The fraction of sp³-hybridized carbons (Fsp3) is 0.323. The Morgan fingerprint density at radius 1 is 0.842 bits per heavy atom. The maximum Gasteiger partial charge on any atom is 0.335 e. The summed E-state index contributed by atoms with van der Waals surface area (Å²) in [5.41, 5.74) is 2.39. The predicted octanol–water partition coefficient (Wildman–Crippen LogP) is 6.22. The topological polar surface area (TPSA) is 79.6 Å². The number of rotatable bonds is 4. The quantitative estimate of drug-likeness (QED) is 0.334. The Kier molecular flexibility index (Phi) is 5.18. The van der Waals surface area contributed by atoms with Crippen molar-refractivity contribution in [2.45, 2.75) is 43.9 Å². The molecule has 4 bridgehead atoms. The summed E-state index contributed by atoms with van der Waals surface area (Å²) < 4.78 is 19.0. The van der Waals surface area contributed by atoms with Crippen molar-refractivity contribution in [2.24, 2.45) is 17.8 Å². The van der Waals surface area contributed by atoms with Crippen molar-refractivity contribution in [1.82, 2.24) is 5.32 Å². The number of carbonyl (C=O) groups excluding carboxylic acids is 3. The van der Waals surface area contributed by atoms with Gasteiger partial charge in [-0.3, -0.25) is 14.9 Å². The zero-order valence-electron chi connectivity index (χ0n) is 20.8. The second-order valence-corrected chi connectivity index (χ2v) is 11.4. The first-order valence-corrected chi connectivity index (χ1v) is 13.2. The summed E-state index contributed by atoms with van der Waals surface area (Å²) in [6.07, 6.45) is 9.11. The van der Waals surface area contributed by atoms with Crippen LogP contribution in [-0.2, 0) is 15.0 Å². The van der Waals surface area contributed by atoms with Gasteiger partial charge < -0.3 is 4.42 Å². The van der Waals surface area contributed by atoms with Gasteiger partial charge >= 0.3 is 6.03 Å². The van der Waals surface area contributed by atoms with Crippen LogP contribution < -0.4 is 10.2 Å². The first kappa shape index (κ1) is 23.1. The number of urea groups is 1. The Bertz CT molecular complexity index is 1450. The van der Waals surface area contributed by atoms with E-state index >= 15 is 0 Å². The first-order valence-electron chi connectivity index (χ1n) is 13.2. The molecule has 1 aliphatic heterocycles. The third kappa shape index (κ3) is 3.80. The lowest BCUT2D eigenvalue weighted by molar-refractivity contribution is -0.122. The van der Waals surface area contributed by atoms with Crippen LogP contribution in [0.15, 0.2) is 70.7 Å². The van der Waals surface area contributed by atoms with E-state index < -0.39 is 17.8 Å². The highest BCUT2D eigenvalue weighted by molar-refractivity contribution is 6.39. The zero-order valence-corrected chi connectivity index (χ0v) is 20.8. The van der Waals surface area contributed by atoms with E-state index in [-0.39, 0.29) is 22.6 Å². The van der Waals surface area contributed by atoms with Crippen molar-refractivity contribution < 1.29 is 23.2 Å². The first-order chi connectivity index (χ1) is 18.4. The van der Waals surface area contributed by atoms with Crippen LogP contribution in [0.2, 0.25) is 0 Å². The van der Waals surface area contributed by atoms with Crippen molar-refractivity contribution in [2.75, 3.05) is 4.90 Å². The molecule has 192 valence electrons. The summed E-state index contributed by atoms with van der Waals surface area (Å²) in [6, 6.07) is 16.1. The number of halogens is 1. The van der Waals surface area contributed by atoms with Crippen LogP contribution in [-0.4, -0.2) is 17.8 Å². The van der Waals surface area contributed by atoms with E-state index in [0.29, 0.717) is 17.0 Å². The lowest BCUT2D eigenvalue weighted by Gasteiger charge is -2.57. The molecule has 0 atom stereocenters. The maximum absolute atomic E-state index is 13.4. The number of imide groups is 2. The molecular weight excluding hydrogens is 483 g/mol. The SMILES string of the molecule is O=C1NC(=O)N(c2ccc(C34CC5CC(CC(C5)C3)C4)cc2)C(=O)/C1=C/c1ccc(-c2ccc(F)cc2)o1. The molecule has 0 spiro atoms.